The molecule has 0 fully saturated rings. The third-order valence-electron chi connectivity index (χ3n) is 4.32. The van der Waals surface area contributed by atoms with Crippen molar-refractivity contribution >= 4 is 17.6 Å². The second-order valence-corrected chi connectivity index (χ2v) is 6.46. The Morgan fingerprint density at radius 3 is 2.73 bits per heavy atom. The van der Waals surface area contributed by atoms with Gasteiger partial charge in [0.1, 0.15) is 5.82 Å². The van der Waals surface area contributed by atoms with E-state index in [2.05, 4.69) is 4.98 Å². The molecule has 2 amide bonds. The summed E-state index contributed by atoms with van der Waals surface area (Å²) in [5.74, 6) is 0.902. The van der Waals surface area contributed by atoms with Crippen molar-refractivity contribution in [1.82, 2.24) is 19.9 Å². The van der Waals surface area contributed by atoms with Gasteiger partial charge in [0, 0.05) is 57.0 Å². The highest BCUT2D eigenvalue weighted by atomic mass is 16.2. The maximum atomic E-state index is 12.3. The molecule has 0 aromatic carbocycles. The lowest BCUT2D eigenvalue weighted by Gasteiger charge is -2.30. The molecular weight excluding hydrogens is 332 g/mol. The molecule has 0 bridgehead atoms. The number of nitrogens with two attached hydrogens (primary N) is 1. The zero-order valence-electron chi connectivity index (χ0n) is 15.0. The molecule has 0 aliphatic carbocycles. The monoisotopic (exact) mass is 354 g/mol. The van der Waals surface area contributed by atoms with E-state index in [1.807, 2.05) is 31.1 Å². The lowest BCUT2D eigenvalue weighted by atomic mass is 10.0. The van der Waals surface area contributed by atoms with Gasteiger partial charge in [-0.1, -0.05) is 0 Å². The first kappa shape index (κ1) is 17.8. The van der Waals surface area contributed by atoms with Gasteiger partial charge in [0.05, 0.1) is 12.2 Å². The molecular formula is C18H22N6O2. The summed E-state index contributed by atoms with van der Waals surface area (Å²) in [7, 11) is 3.89. The number of primary amides is 1. The molecule has 0 unspecified atom stereocenters. The second-order valence-electron chi connectivity index (χ2n) is 6.46. The predicted molar refractivity (Wildman–Crippen MR) is 97.1 cm³/mol. The Kier molecular flexibility index (Phi) is 5.11. The summed E-state index contributed by atoms with van der Waals surface area (Å²) in [5.41, 5.74) is 7.86. The van der Waals surface area contributed by atoms with Crippen molar-refractivity contribution in [3.05, 3.63) is 35.8 Å². The molecule has 2 aromatic heterocycles. The lowest BCUT2D eigenvalue weighted by molar-refractivity contribution is -0.134. The van der Waals surface area contributed by atoms with Crippen molar-refractivity contribution in [2.75, 3.05) is 25.5 Å². The minimum atomic E-state index is -0.466. The van der Waals surface area contributed by atoms with Crippen LogP contribution >= 0.6 is 0 Å². The van der Waals surface area contributed by atoms with Gasteiger partial charge in [0.2, 0.25) is 11.8 Å². The summed E-state index contributed by atoms with van der Waals surface area (Å²) < 4.78 is 0. The molecule has 0 spiro atoms. The SMILES string of the molecule is CN(C)c1nc(-c2cccnc2)nc2c1CCN(C(=O)CCC(N)=O)C2. The lowest BCUT2D eigenvalue weighted by Crippen LogP contribution is -2.37. The number of fused-ring (bicyclic) bond motifs is 1. The van der Waals surface area contributed by atoms with Crippen molar-refractivity contribution in [1.29, 1.82) is 0 Å². The Balaban J connectivity index is 1.92. The molecule has 26 heavy (non-hydrogen) atoms. The average Bonchev–Trinajstić information content (AvgIpc) is 2.65. The number of anilines is 1. The number of nitrogens with zero attached hydrogens (tertiary/aromatic N) is 5. The first-order valence-corrected chi connectivity index (χ1v) is 8.49. The standard InChI is InChI=1S/C18H22N6O2/c1-23(2)18-13-7-9-24(16(26)6-5-15(19)25)11-14(13)21-17(22-18)12-4-3-8-20-10-12/h3-4,8,10H,5-7,9,11H2,1-2H3,(H2,19,25). The van der Waals surface area contributed by atoms with Crippen molar-refractivity contribution in [3.63, 3.8) is 0 Å². The quantitative estimate of drug-likeness (QED) is 0.850. The minimum Gasteiger partial charge on any atom is -0.370 e. The van der Waals surface area contributed by atoms with Gasteiger partial charge in [-0.3, -0.25) is 14.6 Å². The molecule has 3 heterocycles. The molecule has 0 saturated carbocycles. The molecule has 3 rings (SSSR count). The van der Waals surface area contributed by atoms with Gasteiger partial charge in [0.25, 0.3) is 0 Å². The number of carbonyl (C=O) groups excluding carboxylic acids is 2. The maximum absolute atomic E-state index is 12.3. The van der Waals surface area contributed by atoms with Gasteiger partial charge in [-0.2, -0.15) is 0 Å². The number of hydrogen-bond acceptors (Lipinski definition) is 6. The average molecular weight is 354 g/mol. The summed E-state index contributed by atoms with van der Waals surface area (Å²) >= 11 is 0. The largest absolute Gasteiger partial charge is 0.370 e. The van der Waals surface area contributed by atoms with Crippen LogP contribution in [0, 0.1) is 0 Å². The van der Waals surface area contributed by atoms with E-state index in [0.717, 1.165) is 22.6 Å². The van der Waals surface area contributed by atoms with Crippen LogP contribution in [0.15, 0.2) is 24.5 Å². The Morgan fingerprint density at radius 1 is 1.27 bits per heavy atom. The van der Waals surface area contributed by atoms with E-state index in [4.69, 9.17) is 15.7 Å². The summed E-state index contributed by atoms with van der Waals surface area (Å²) in [6.07, 6.45) is 4.30. The zero-order valence-corrected chi connectivity index (χ0v) is 15.0. The van der Waals surface area contributed by atoms with Gasteiger partial charge in [0.15, 0.2) is 5.82 Å². The summed E-state index contributed by atoms with van der Waals surface area (Å²) in [5, 5.41) is 0. The van der Waals surface area contributed by atoms with Crippen LogP contribution in [0.4, 0.5) is 5.82 Å². The third kappa shape index (κ3) is 3.79. The molecule has 0 saturated heterocycles. The number of aromatic nitrogens is 3. The highest BCUT2D eigenvalue weighted by Crippen LogP contribution is 2.28. The number of pyridine rings is 1. The summed E-state index contributed by atoms with van der Waals surface area (Å²) in [4.78, 5) is 40.5. The topological polar surface area (TPSA) is 105 Å². The van der Waals surface area contributed by atoms with Gasteiger partial charge in [-0.25, -0.2) is 9.97 Å². The fourth-order valence-electron chi connectivity index (χ4n) is 3.01. The molecule has 8 nitrogen and oxygen atoms in total. The van der Waals surface area contributed by atoms with Crippen LogP contribution in [0.1, 0.15) is 24.1 Å². The van der Waals surface area contributed by atoms with Crippen LogP contribution in [-0.4, -0.2) is 52.3 Å². The number of carbonyl (C=O) groups is 2. The van der Waals surface area contributed by atoms with Crippen LogP contribution in [-0.2, 0) is 22.6 Å². The van der Waals surface area contributed by atoms with Crippen molar-refractivity contribution in [2.45, 2.75) is 25.8 Å². The van der Waals surface area contributed by atoms with E-state index < -0.39 is 5.91 Å². The fraction of sp³-hybridized carbons (Fsp3) is 0.389. The maximum Gasteiger partial charge on any atom is 0.223 e. The molecule has 2 aromatic rings. The number of amides is 2. The normalized spacial score (nSPS) is 13.2. The molecule has 0 atom stereocenters. The van der Waals surface area contributed by atoms with Gasteiger partial charge >= 0.3 is 0 Å². The first-order valence-electron chi connectivity index (χ1n) is 8.49. The zero-order chi connectivity index (χ0) is 18.7. The van der Waals surface area contributed by atoms with E-state index in [9.17, 15) is 9.59 Å². The smallest absolute Gasteiger partial charge is 0.223 e. The summed E-state index contributed by atoms with van der Waals surface area (Å²) in [6.45, 7) is 0.991. The van der Waals surface area contributed by atoms with Gasteiger partial charge in [-0.15, -0.1) is 0 Å². The van der Waals surface area contributed by atoms with Crippen LogP contribution in [0.25, 0.3) is 11.4 Å². The summed E-state index contributed by atoms with van der Waals surface area (Å²) in [6, 6.07) is 3.75. The molecule has 2 N–H and O–H groups in total. The fourth-order valence-corrected chi connectivity index (χ4v) is 3.01. The third-order valence-corrected chi connectivity index (χ3v) is 4.32. The predicted octanol–water partition coefficient (Wildman–Crippen LogP) is 0.755. The highest BCUT2D eigenvalue weighted by molar-refractivity contribution is 5.83. The van der Waals surface area contributed by atoms with E-state index in [-0.39, 0.29) is 18.7 Å². The van der Waals surface area contributed by atoms with Crippen molar-refractivity contribution < 1.29 is 9.59 Å². The molecule has 136 valence electrons. The molecule has 0 radical (unpaired) electrons. The van der Waals surface area contributed by atoms with E-state index in [1.165, 1.54) is 0 Å². The Bertz CT molecular complexity index is 822. The van der Waals surface area contributed by atoms with Crippen LogP contribution in [0.3, 0.4) is 0 Å². The Hall–Kier alpha value is -3.03. The minimum absolute atomic E-state index is 0.0653. The van der Waals surface area contributed by atoms with Gasteiger partial charge in [-0.05, 0) is 18.6 Å². The molecule has 8 heteroatoms. The second kappa shape index (κ2) is 7.47. The number of hydrogen-bond donors (Lipinski definition) is 1. The van der Waals surface area contributed by atoms with E-state index >= 15 is 0 Å². The highest BCUT2D eigenvalue weighted by Gasteiger charge is 2.26. The Morgan fingerprint density at radius 2 is 2.08 bits per heavy atom. The van der Waals surface area contributed by atoms with Crippen LogP contribution in [0.5, 0.6) is 0 Å². The van der Waals surface area contributed by atoms with E-state index in [0.29, 0.717) is 25.3 Å². The number of rotatable bonds is 5. The van der Waals surface area contributed by atoms with Crippen LogP contribution in [0.2, 0.25) is 0 Å². The van der Waals surface area contributed by atoms with Crippen molar-refractivity contribution in [3.8, 4) is 11.4 Å². The Labute approximate surface area is 152 Å². The van der Waals surface area contributed by atoms with Crippen LogP contribution < -0.4 is 10.6 Å². The van der Waals surface area contributed by atoms with E-state index in [1.54, 1.807) is 17.3 Å². The van der Waals surface area contributed by atoms with Crippen molar-refractivity contribution in [2.24, 2.45) is 5.73 Å². The van der Waals surface area contributed by atoms with Gasteiger partial charge < -0.3 is 15.5 Å². The molecule has 1 aliphatic heterocycles. The molecule has 1 aliphatic rings. The first-order chi connectivity index (χ1) is 12.5.